The molecule has 0 spiro atoms. The predicted molar refractivity (Wildman–Crippen MR) is 76.9 cm³/mol. The van der Waals surface area contributed by atoms with Crippen molar-refractivity contribution in [3.05, 3.63) is 12.4 Å². The minimum atomic E-state index is 0.750. The topological polar surface area (TPSA) is 46.0 Å². The summed E-state index contributed by atoms with van der Waals surface area (Å²) in [6.07, 6.45) is 6.18. The van der Waals surface area contributed by atoms with E-state index in [0.717, 1.165) is 31.3 Å². The first-order chi connectivity index (χ1) is 9.24. The van der Waals surface area contributed by atoms with Gasteiger partial charge in [-0.2, -0.15) is 0 Å². The van der Waals surface area contributed by atoms with Crippen molar-refractivity contribution >= 4 is 0 Å². The minimum Gasteiger partial charge on any atom is -0.316 e. The number of rotatable bonds is 8. The first-order valence-corrected chi connectivity index (χ1v) is 7.51. The minimum absolute atomic E-state index is 0.750. The van der Waals surface area contributed by atoms with Gasteiger partial charge in [0.25, 0.3) is 0 Å². The van der Waals surface area contributed by atoms with Gasteiger partial charge in [-0.1, -0.05) is 19.1 Å². The summed E-state index contributed by atoms with van der Waals surface area (Å²) in [5, 5.41) is 11.4. The van der Waals surface area contributed by atoms with Crippen LogP contribution in [0, 0.1) is 11.8 Å². The van der Waals surface area contributed by atoms with Gasteiger partial charge in [0.05, 0.1) is 6.20 Å². The van der Waals surface area contributed by atoms with Crippen molar-refractivity contribution < 1.29 is 0 Å². The van der Waals surface area contributed by atoms with Crippen molar-refractivity contribution in [2.24, 2.45) is 11.8 Å². The van der Waals surface area contributed by atoms with Gasteiger partial charge in [0.1, 0.15) is 0 Å². The van der Waals surface area contributed by atoms with E-state index in [-0.39, 0.29) is 0 Å². The van der Waals surface area contributed by atoms with Crippen molar-refractivity contribution in [2.75, 3.05) is 32.7 Å². The van der Waals surface area contributed by atoms with E-state index >= 15 is 0 Å². The molecule has 1 fully saturated rings. The lowest BCUT2D eigenvalue weighted by Crippen LogP contribution is -2.29. The molecule has 1 aromatic heterocycles. The van der Waals surface area contributed by atoms with E-state index in [1.54, 1.807) is 6.20 Å². The largest absolute Gasteiger partial charge is 0.316 e. The SMILES string of the molecule is CC(C)CNCC1CCN(CCCn2ccnn2)C1. The normalized spacial score (nSPS) is 20.5. The van der Waals surface area contributed by atoms with Crippen LogP contribution < -0.4 is 5.32 Å². The Morgan fingerprint density at radius 2 is 2.26 bits per heavy atom. The van der Waals surface area contributed by atoms with Crippen molar-refractivity contribution in [3.63, 3.8) is 0 Å². The Morgan fingerprint density at radius 1 is 1.37 bits per heavy atom. The Kier molecular flexibility index (Phi) is 5.79. The molecular formula is C14H27N5. The maximum Gasteiger partial charge on any atom is 0.0692 e. The number of nitrogens with zero attached hydrogens (tertiary/aromatic N) is 4. The number of likely N-dealkylation sites (tertiary alicyclic amines) is 1. The van der Waals surface area contributed by atoms with Crippen molar-refractivity contribution in [1.82, 2.24) is 25.2 Å². The summed E-state index contributed by atoms with van der Waals surface area (Å²) in [6.45, 7) is 11.5. The highest BCUT2D eigenvalue weighted by Gasteiger charge is 2.21. The van der Waals surface area contributed by atoms with E-state index in [1.165, 1.54) is 32.6 Å². The van der Waals surface area contributed by atoms with Gasteiger partial charge in [0.2, 0.25) is 0 Å². The van der Waals surface area contributed by atoms with Gasteiger partial charge in [-0.3, -0.25) is 4.68 Å². The van der Waals surface area contributed by atoms with E-state index < -0.39 is 0 Å². The molecule has 1 saturated heterocycles. The Bertz CT molecular complexity index is 336. The Labute approximate surface area is 116 Å². The molecule has 1 unspecified atom stereocenters. The molecule has 108 valence electrons. The number of hydrogen-bond acceptors (Lipinski definition) is 4. The average molecular weight is 265 g/mol. The van der Waals surface area contributed by atoms with Crippen LogP contribution in [0.1, 0.15) is 26.7 Å². The van der Waals surface area contributed by atoms with Gasteiger partial charge in [-0.15, -0.1) is 5.10 Å². The Hall–Kier alpha value is -0.940. The van der Waals surface area contributed by atoms with Gasteiger partial charge in [0.15, 0.2) is 0 Å². The van der Waals surface area contributed by atoms with Crippen molar-refractivity contribution in [1.29, 1.82) is 0 Å². The summed E-state index contributed by atoms with van der Waals surface area (Å²) in [4.78, 5) is 2.58. The molecule has 1 N–H and O–H groups in total. The lowest BCUT2D eigenvalue weighted by Gasteiger charge is -2.16. The second-order valence-electron chi connectivity index (χ2n) is 6.03. The standard InChI is InChI=1S/C14H27N5/c1-13(2)10-15-11-14-4-8-18(12-14)6-3-7-19-9-5-16-17-19/h5,9,13-15H,3-4,6-8,10-12H2,1-2H3. The molecule has 0 radical (unpaired) electrons. The number of aryl methyl sites for hydroxylation is 1. The van der Waals surface area contributed by atoms with Crippen LogP contribution in [0.3, 0.4) is 0 Å². The van der Waals surface area contributed by atoms with E-state index in [9.17, 15) is 0 Å². The summed E-state index contributed by atoms with van der Waals surface area (Å²) in [6, 6.07) is 0. The molecular weight excluding hydrogens is 238 g/mol. The third-order valence-corrected chi connectivity index (χ3v) is 3.69. The lowest BCUT2D eigenvalue weighted by molar-refractivity contribution is 0.306. The molecule has 0 saturated carbocycles. The fourth-order valence-electron chi connectivity index (χ4n) is 2.67. The Balaban J connectivity index is 1.54. The van der Waals surface area contributed by atoms with Gasteiger partial charge in [-0.25, -0.2) is 0 Å². The van der Waals surface area contributed by atoms with Crippen LogP contribution in [0.5, 0.6) is 0 Å². The predicted octanol–water partition coefficient (Wildman–Crippen LogP) is 1.24. The monoisotopic (exact) mass is 265 g/mol. The summed E-state index contributed by atoms with van der Waals surface area (Å²) < 4.78 is 1.91. The average Bonchev–Trinajstić information content (AvgIpc) is 3.00. The van der Waals surface area contributed by atoms with Crippen molar-refractivity contribution in [3.8, 4) is 0 Å². The van der Waals surface area contributed by atoms with Crippen LogP contribution in [0.4, 0.5) is 0 Å². The van der Waals surface area contributed by atoms with Gasteiger partial charge in [0, 0.05) is 19.3 Å². The first kappa shape index (κ1) is 14.5. The smallest absolute Gasteiger partial charge is 0.0692 e. The summed E-state index contributed by atoms with van der Waals surface area (Å²) in [5.41, 5.74) is 0. The molecule has 5 nitrogen and oxygen atoms in total. The number of aromatic nitrogens is 3. The van der Waals surface area contributed by atoms with Gasteiger partial charge in [-0.05, 0) is 50.9 Å². The fourth-order valence-corrected chi connectivity index (χ4v) is 2.67. The molecule has 1 atom stereocenters. The fraction of sp³-hybridized carbons (Fsp3) is 0.857. The Morgan fingerprint density at radius 3 is 3.00 bits per heavy atom. The van der Waals surface area contributed by atoms with Crippen LogP contribution in [0.25, 0.3) is 0 Å². The van der Waals surface area contributed by atoms with Crippen LogP contribution >= 0.6 is 0 Å². The van der Waals surface area contributed by atoms with Crippen LogP contribution in [0.2, 0.25) is 0 Å². The zero-order chi connectivity index (χ0) is 13.5. The van der Waals surface area contributed by atoms with E-state index in [4.69, 9.17) is 0 Å². The number of nitrogens with one attached hydrogen (secondary N) is 1. The highest BCUT2D eigenvalue weighted by molar-refractivity contribution is 4.77. The molecule has 0 amide bonds. The summed E-state index contributed by atoms with van der Waals surface area (Å²) in [7, 11) is 0. The second kappa shape index (κ2) is 7.60. The van der Waals surface area contributed by atoms with Crippen LogP contribution in [-0.4, -0.2) is 52.6 Å². The molecule has 1 aliphatic heterocycles. The van der Waals surface area contributed by atoms with E-state index in [2.05, 4.69) is 34.4 Å². The molecule has 2 rings (SSSR count). The molecule has 0 aromatic carbocycles. The maximum atomic E-state index is 3.99. The van der Waals surface area contributed by atoms with Gasteiger partial charge < -0.3 is 10.2 Å². The van der Waals surface area contributed by atoms with Crippen LogP contribution in [0.15, 0.2) is 12.4 Å². The summed E-state index contributed by atoms with van der Waals surface area (Å²) >= 11 is 0. The van der Waals surface area contributed by atoms with E-state index in [0.29, 0.717) is 0 Å². The highest BCUT2D eigenvalue weighted by atomic mass is 15.4. The van der Waals surface area contributed by atoms with Gasteiger partial charge >= 0.3 is 0 Å². The third kappa shape index (κ3) is 5.28. The molecule has 0 bridgehead atoms. The van der Waals surface area contributed by atoms with Crippen LogP contribution in [-0.2, 0) is 6.54 Å². The quantitative estimate of drug-likeness (QED) is 0.768. The lowest BCUT2D eigenvalue weighted by atomic mass is 10.1. The highest BCUT2D eigenvalue weighted by Crippen LogP contribution is 2.15. The van der Waals surface area contributed by atoms with Crippen molar-refractivity contribution in [2.45, 2.75) is 33.2 Å². The number of hydrogen-bond donors (Lipinski definition) is 1. The maximum absolute atomic E-state index is 3.99. The first-order valence-electron chi connectivity index (χ1n) is 7.51. The molecule has 1 aromatic rings. The molecule has 2 heterocycles. The molecule has 5 heteroatoms. The second-order valence-corrected chi connectivity index (χ2v) is 6.03. The summed E-state index contributed by atoms with van der Waals surface area (Å²) in [5.74, 6) is 1.59. The zero-order valence-electron chi connectivity index (χ0n) is 12.3. The zero-order valence-corrected chi connectivity index (χ0v) is 12.3. The molecule has 1 aliphatic rings. The molecule has 19 heavy (non-hydrogen) atoms. The molecule has 0 aliphatic carbocycles. The van der Waals surface area contributed by atoms with E-state index in [1.807, 2.05) is 10.9 Å². The third-order valence-electron chi connectivity index (χ3n) is 3.69.